The van der Waals surface area contributed by atoms with E-state index >= 15 is 0 Å². The van der Waals surface area contributed by atoms with Gasteiger partial charge in [-0.15, -0.1) is 0 Å². The van der Waals surface area contributed by atoms with Gasteiger partial charge in [0.25, 0.3) is 0 Å². The Bertz CT molecular complexity index is 637. The number of hydrogen-bond acceptors (Lipinski definition) is 4. The predicted octanol–water partition coefficient (Wildman–Crippen LogP) is -0.0602. The second kappa shape index (κ2) is 7.00. The van der Waals surface area contributed by atoms with Crippen LogP contribution >= 0.6 is 0 Å². The van der Waals surface area contributed by atoms with Crippen molar-refractivity contribution in [3.8, 4) is 0 Å². The number of amides is 2. The lowest BCUT2D eigenvalue weighted by atomic mass is 10.00. The molecule has 0 spiro atoms. The summed E-state index contributed by atoms with van der Waals surface area (Å²) in [5, 5.41) is 13.4. The van der Waals surface area contributed by atoms with Crippen molar-refractivity contribution in [2.75, 3.05) is 13.1 Å². The number of rotatable bonds is 5. The Kier molecular flexibility index (Phi) is 4.80. The van der Waals surface area contributed by atoms with Gasteiger partial charge in [0, 0.05) is 18.7 Å². The van der Waals surface area contributed by atoms with Crippen molar-refractivity contribution in [1.82, 2.24) is 15.5 Å². The highest BCUT2D eigenvalue weighted by Crippen LogP contribution is 2.21. The molecule has 128 valence electrons. The highest BCUT2D eigenvalue weighted by atomic mass is 16.2. The SMILES string of the molecule is N=C(N)c1ccc(CNC(=O)[C@@H]2CCN2C(=O)[C@H]2CCCN2)cc1. The summed E-state index contributed by atoms with van der Waals surface area (Å²) in [7, 11) is 0. The summed E-state index contributed by atoms with van der Waals surface area (Å²) in [5.41, 5.74) is 7.01. The monoisotopic (exact) mass is 329 g/mol. The Hall–Kier alpha value is -2.41. The molecule has 2 saturated heterocycles. The van der Waals surface area contributed by atoms with Crippen LogP contribution in [0.1, 0.15) is 30.4 Å². The zero-order valence-electron chi connectivity index (χ0n) is 13.5. The number of carbonyl (C=O) groups excluding carboxylic acids is 2. The minimum absolute atomic E-state index is 0.0229. The first-order valence-electron chi connectivity index (χ1n) is 8.31. The second-order valence-electron chi connectivity index (χ2n) is 6.31. The molecule has 7 nitrogen and oxygen atoms in total. The first-order chi connectivity index (χ1) is 11.6. The summed E-state index contributed by atoms with van der Waals surface area (Å²) >= 11 is 0. The van der Waals surface area contributed by atoms with Gasteiger partial charge in [0.15, 0.2) is 0 Å². The van der Waals surface area contributed by atoms with Crippen LogP contribution < -0.4 is 16.4 Å². The van der Waals surface area contributed by atoms with E-state index in [4.69, 9.17) is 11.1 Å². The van der Waals surface area contributed by atoms with Crippen molar-refractivity contribution in [1.29, 1.82) is 5.41 Å². The van der Waals surface area contributed by atoms with Crippen LogP contribution in [0.3, 0.4) is 0 Å². The lowest BCUT2D eigenvalue weighted by Gasteiger charge is -2.41. The summed E-state index contributed by atoms with van der Waals surface area (Å²) in [6.07, 6.45) is 2.58. The average molecular weight is 329 g/mol. The highest BCUT2D eigenvalue weighted by molar-refractivity contribution is 5.95. The predicted molar refractivity (Wildman–Crippen MR) is 90.4 cm³/mol. The van der Waals surface area contributed by atoms with Crippen LogP contribution in [0.5, 0.6) is 0 Å². The lowest BCUT2D eigenvalue weighted by Crippen LogP contribution is -2.61. The summed E-state index contributed by atoms with van der Waals surface area (Å²) in [6.45, 7) is 1.93. The van der Waals surface area contributed by atoms with Gasteiger partial charge in [0.2, 0.25) is 11.8 Å². The molecule has 0 aromatic heterocycles. The third-order valence-electron chi connectivity index (χ3n) is 4.70. The Morgan fingerprint density at radius 1 is 1.29 bits per heavy atom. The van der Waals surface area contributed by atoms with Gasteiger partial charge >= 0.3 is 0 Å². The molecule has 5 N–H and O–H groups in total. The molecule has 0 saturated carbocycles. The minimum Gasteiger partial charge on any atom is -0.384 e. The molecule has 0 unspecified atom stereocenters. The van der Waals surface area contributed by atoms with Crippen LogP contribution in [-0.4, -0.2) is 47.7 Å². The van der Waals surface area contributed by atoms with Gasteiger partial charge < -0.3 is 21.3 Å². The number of nitrogens with two attached hydrogens (primary N) is 1. The molecule has 1 aromatic carbocycles. The molecule has 2 aliphatic rings. The molecule has 2 fully saturated rings. The fraction of sp³-hybridized carbons (Fsp3) is 0.471. The van der Waals surface area contributed by atoms with Gasteiger partial charge in [-0.1, -0.05) is 24.3 Å². The second-order valence-corrected chi connectivity index (χ2v) is 6.31. The summed E-state index contributed by atoms with van der Waals surface area (Å²) in [4.78, 5) is 26.4. The topological polar surface area (TPSA) is 111 Å². The molecule has 24 heavy (non-hydrogen) atoms. The normalized spacial score (nSPS) is 22.8. The fourth-order valence-corrected chi connectivity index (χ4v) is 3.13. The van der Waals surface area contributed by atoms with Crippen molar-refractivity contribution in [2.45, 2.75) is 37.9 Å². The van der Waals surface area contributed by atoms with Gasteiger partial charge in [0.1, 0.15) is 11.9 Å². The number of carbonyl (C=O) groups is 2. The molecule has 2 atom stereocenters. The number of nitrogens with zero attached hydrogens (tertiary/aromatic N) is 1. The van der Waals surface area contributed by atoms with E-state index in [1.807, 2.05) is 12.1 Å². The molecule has 0 aliphatic carbocycles. The summed E-state index contributed by atoms with van der Waals surface area (Å²) in [6, 6.07) is 6.71. The van der Waals surface area contributed by atoms with Crippen LogP contribution in [-0.2, 0) is 16.1 Å². The standard InChI is InChI=1S/C17H23N5O2/c18-15(19)12-5-3-11(4-6-12)10-21-16(23)14-7-9-22(14)17(24)13-2-1-8-20-13/h3-6,13-14,20H,1-2,7-10H2,(H3,18,19)(H,21,23)/t13-,14+/m1/s1. The van der Waals surface area contributed by atoms with Crippen LogP contribution in [0.2, 0.25) is 0 Å². The first kappa shape index (κ1) is 16.4. The Morgan fingerprint density at radius 3 is 2.58 bits per heavy atom. The fourth-order valence-electron chi connectivity index (χ4n) is 3.13. The van der Waals surface area contributed by atoms with E-state index in [1.54, 1.807) is 17.0 Å². The summed E-state index contributed by atoms with van der Waals surface area (Å²) in [5.74, 6) is -0.0392. The highest BCUT2D eigenvalue weighted by Gasteiger charge is 2.40. The zero-order valence-corrected chi connectivity index (χ0v) is 13.5. The van der Waals surface area contributed by atoms with Crippen molar-refractivity contribution in [2.24, 2.45) is 5.73 Å². The van der Waals surface area contributed by atoms with Crippen LogP contribution in [0.15, 0.2) is 24.3 Å². The zero-order chi connectivity index (χ0) is 17.1. The van der Waals surface area contributed by atoms with E-state index in [9.17, 15) is 9.59 Å². The van der Waals surface area contributed by atoms with E-state index in [-0.39, 0.29) is 29.7 Å². The maximum atomic E-state index is 12.4. The molecule has 2 amide bonds. The van der Waals surface area contributed by atoms with Gasteiger partial charge in [-0.05, 0) is 31.4 Å². The van der Waals surface area contributed by atoms with Gasteiger partial charge in [0.05, 0.1) is 6.04 Å². The van der Waals surface area contributed by atoms with E-state index in [1.165, 1.54) is 0 Å². The Morgan fingerprint density at radius 2 is 2.04 bits per heavy atom. The van der Waals surface area contributed by atoms with Crippen LogP contribution in [0.4, 0.5) is 0 Å². The largest absolute Gasteiger partial charge is 0.384 e. The van der Waals surface area contributed by atoms with Gasteiger partial charge in [-0.2, -0.15) is 0 Å². The molecule has 1 aromatic rings. The molecule has 7 heteroatoms. The number of hydrogen-bond donors (Lipinski definition) is 4. The Balaban J connectivity index is 1.51. The number of nitrogens with one attached hydrogen (secondary N) is 3. The van der Waals surface area contributed by atoms with E-state index in [2.05, 4.69) is 10.6 Å². The van der Waals surface area contributed by atoms with Crippen LogP contribution in [0, 0.1) is 5.41 Å². The van der Waals surface area contributed by atoms with Crippen molar-refractivity contribution in [3.63, 3.8) is 0 Å². The number of likely N-dealkylation sites (tertiary alicyclic amines) is 1. The molecular formula is C17H23N5O2. The summed E-state index contributed by atoms with van der Waals surface area (Å²) < 4.78 is 0. The maximum absolute atomic E-state index is 12.4. The van der Waals surface area contributed by atoms with E-state index < -0.39 is 0 Å². The third-order valence-corrected chi connectivity index (χ3v) is 4.70. The molecule has 2 aliphatic heterocycles. The average Bonchev–Trinajstić information content (AvgIpc) is 3.06. The molecule has 0 radical (unpaired) electrons. The van der Waals surface area contributed by atoms with Crippen molar-refractivity contribution >= 4 is 17.6 Å². The molecule has 0 bridgehead atoms. The maximum Gasteiger partial charge on any atom is 0.243 e. The first-order valence-corrected chi connectivity index (χ1v) is 8.31. The molecule has 3 rings (SSSR count). The van der Waals surface area contributed by atoms with Crippen molar-refractivity contribution in [3.05, 3.63) is 35.4 Å². The smallest absolute Gasteiger partial charge is 0.243 e. The van der Waals surface area contributed by atoms with E-state index in [0.29, 0.717) is 25.1 Å². The van der Waals surface area contributed by atoms with Crippen LogP contribution in [0.25, 0.3) is 0 Å². The minimum atomic E-state index is -0.351. The number of benzene rings is 1. The molecular weight excluding hydrogens is 306 g/mol. The van der Waals surface area contributed by atoms with Gasteiger partial charge in [-0.3, -0.25) is 15.0 Å². The van der Waals surface area contributed by atoms with E-state index in [0.717, 1.165) is 24.9 Å². The van der Waals surface area contributed by atoms with Crippen molar-refractivity contribution < 1.29 is 9.59 Å². The Labute approximate surface area is 141 Å². The number of amidine groups is 1. The third kappa shape index (κ3) is 3.41. The number of nitrogen functional groups attached to an aromatic ring is 1. The molecule has 2 heterocycles. The van der Waals surface area contributed by atoms with Gasteiger partial charge in [-0.25, -0.2) is 0 Å². The quantitative estimate of drug-likeness (QED) is 0.448. The lowest BCUT2D eigenvalue weighted by molar-refractivity contribution is -0.148.